The van der Waals surface area contributed by atoms with E-state index >= 15 is 0 Å². The molecule has 2 aliphatic heterocycles. The number of rotatable bonds is 2. The normalized spacial score (nSPS) is 21.1. The van der Waals surface area contributed by atoms with Crippen molar-refractivity contribution in [1.29, 1.82) is 0 Å². The lowest BCUT2D eigenvalue weighted by molar-refractivity contribution is -0.137. The topological polar surface area (TPSA) is 23.6 Å². The maximum atomic E-state index is 13.0. The number of hydrogen-bond donors (Lipinski definition) is 0. The van der Waals surface area contributed by atoms with Crippen molar-refractivity contribution >= 4 is 17.5 Å². The Morgan fingerprint density at radius 2 is 1.84 bits per heavy atom. The van der Waals surface area contributed by atoms with Crippen LogP contribution in [0.2, 0.25) is 5.02 Å². The van der Waals surface area contributed by atoms with Crippen LogP contribution >= 0.6 is 11.6 Å². The Balaban J connectivity index is 1.63. The van der Waals surface area contributed by atoms with Gasteiger partial charge >= 0.3 is 6.18 Å². The molecule has 0 N–H and O–H groups in total. The van der Waals surface area contributed by atoms with Gasteiger partial charge in [-0.15, -0.1) is 0 Å². The number of carbonyl (C=O) groups is 1. The van der Waals surface area contributed by atoms with E-state index in [0.717, 1.165) is 51.5 Å². The van der Waals surface area contributed by atoms with Gasteiger partial charge in [0, 0.05) is 33.1 Å². The summed E-state index contributed by atoms with van der Waals surface area (Å²) in [7, 11) is 0. The first-order valence-corrected chi connectivity index (χ1v) is 8.90. The average Bonchev–Trinajstić information content (AvgIpc) is 2.91. The number of benzene rings is 1. The van der Waals surface area contributed by atoms with E-state index in [1.807, 2.05) is 4.90 Å². The number of halogens is 4. The lowest BCUT2D eigenvalue weighted by Gasteiger charge is -2.39. The monoisotopic (exact) mass is 374 g/mol. The highest BCUT2D eigenvalue weighted by Gasteiger charge is 2.41. The second-order valence-corrected chi connectivity index (χ2v) is 7.69. The van der Waals surface area contributed by atoms with Crippen LogP contribution in [0.25, 0.3) is 0 Å². The first-order valence-electron chi connectivity index (χ1n) is 8.52. The lowest BCUT2D eigenvalue weighted by atomic mass is 9.78. The van der Waals surface area contributed by atoms with Gasteiger partial charge in [0.25, 0.3) is 0 Å². The fraction of sp³-hybridized carbons (Fsp3) is 0.611. The van der Waals surface area contributed by atoms with E-state index in [9.17, 15) is 18.0 Å². The van der Waals surface area contributed by atoms with Gasteiger partial charge in [-0.1, -0.05) is 17.7 Å². The van der Waals surface area contributed by atoms with Crippen molar-refractivity contribution in [3.05, 3.63) is 34.3 Å². The van der Waals surface area contributed by atoms with Gasteiger partial charge < -0.3 is 4.90 Å². The quantitative estimate of drug-likeness (QED) is 0.774. The number of alkyl halides is 3. The molecule has 2 fully saturated rings. The van der Waals surface area contributed by atoms with E-state index in [4.69, 9.17) is 11.6 Å². The molecule has 0 atom stereocenters. The summed E-state index contributed by atoms with van der Waals surface area (Å²) in [5, 5.41) is -0.259. The number of carbonyl (C=O) groups excluding carboxylic acids is 1. The van der Waals surface area contributed by atoms with E-state index in [1.165, 1.54) is 6.07 Å². The first kappa shape index (κ1) is 18.5. The standard InChI is InChI=1S/C18H22ClF3N2O/c1-13(25)24-8-5-17(6-9-24)4-7-23(12-17)11-14-2-3-16(19)15(10-14)18(20,21)22/h2-3,10H,4-9,11-12H2,1H3. The molecule has 0 saturated carbocycles. The molecule has 3 nitrogen and oxygen atoms in total. The molecule has 0 radical (unpaired) electrons. The Hall–Kier alpha value is -1.27. The summed E-state index contributed by atoms with van der Waals surface area (Å²) in [6.07, 6.45) is -1.45. The lowest BCUT2D eigenvalue weighted by Crippen LogP contribution is -2.43. The number of likely N-dealkylation sites (tertiary alicyclic amines) is 2. The number of amides is 1. The van der Waals surface area contributed by atoms with Crippen LogP contribution in [-0.2, 0) is 17.5 Å². The number of hydrogen-bond acceptors (Lipinski definition) is 2. The Labute approximate surface area is 150 Å². The minimum Gasteiger partial charge on any atom is -0.343 e. The summed E-state index contributed by atoms with van der Waals surface area (Å²) in [6, 6.07) is 4.16. The molecule has 138 valence electrons. The summed E-state index contributed by atoms with van der Waals surface area (Å²) in [4.78, 5) is 15.6. The molecule has 0 aliphatic carbocycles. The van der Waals surface area contributed by atoms with Crippen molar-refractivity contribution in [3.8, 4) is 0 Å². The van der Waals surface area contributed by atoms with Crippen molar-refractivity contribution < 1.29 is 18.0 Å². The molecule has 1 spiro atoms. The van der Waals surface area contributed by atoms with Gasteiger partial charge in [0.15, 0.2) is 0 Å². The van der Waals surface area contributed by atoms with Gasteiger partial charge in [0.1, 0.15) is 0 Å². The largest absolute Gasteiger partial charge is 0.417 e. The Bertz CT molecular complexity index is 654. The molecule has 0 bridgehead atoms. The van der Waals surface area contributed by atoms with Crippen molar-refractivity contribution in [1.82, 2.24) is 9.80 Å². The molecular weight excluding hydrogens is 353 g/mol. The van der Waals surface area contributed by atoms with Crippen LogP contribution < -0.4 is 0 Å². The number of nitrogens with zero attached hydrogens (tertiary/aromatic N) is 2. The summed E-state index contributed by atoms with van der Waals surface area (Å²) in [5.74, 6) is 0.116. The van der Waals surface area contributed by atoms with Crippen LogP contribution in [0.15, 0.2) is 18.2 Å². The van der Waals surface area contributed by atoms with Crippen LogP contribution in [0.5, 0.6) is 0 Å². The fourth-order valence-electron chi connectivity index (χ4n) is 4.01. The molecule has 1 aromatic rings. The summed E-state index contributed by atoms with van der Waals surface area (Å²) < 4.78 is 39.0. The van der Waals surface area contributed by atoms with Crippen LogP contribution in [0, 0.1) is 5.41 Å². The third-order valence-electron chi connectivity index (χ3n) is 5.53. The van der Waals surface area contributed by atoms with Crippen molar-refractivity contribution in [2.45, 2.75) is 38.9 Å². The molecule has 2 heterocycles. The zero-order chi connectivity index (χ0) is 18.2. The molecule has 7 heteroatoms. The molecule has 1 amide bonds. The van der Waals surface area contributed by atoms with Crippen molar-refractivity contribution in [2.24, 2.45) is 5.41 Å². The van der Waals surface area contributed by atoms with Gasteiger partial charge in [-0.25, -0.2) is 0 Å². The van der Waals surface area contributed by atoms with E-state index in [2.05, 4.69) is 4.90 Å². The Morgan fingerprint density at radius 3 is 2.44 bits per heavy atom. The zero-order valence-electron chi connectivity index (χ0n) is 14.2. The molecule has 0 unspecified atom stereocenters. The summed E-state index contributed by atoms with van der Waals surface area (Å²) in [6.45, 7) is 5.41. The van der Waals surface area contributed by atoms with Crippen molar-refractivity contribution in [3.63, 3.8) is 0 Å². The molecule has 2 aliphatic rings. The predicted molar refractivity (Wildman–Crippen MR) is 90.3 cm³/mol. The second-order valence-electron chi connectivity index (χ2n) is 7.28. The highest BCUT2D eigenvalue weighted by atomic mass is 35.5. The second kappa shape index (κ2) is 6.80. The highest BCUT2D eigenvalue weighted by Crippen LogP contribution is 2.41. The highest BCUT2D eigenvalue weighted by molar-refractivity contribution is 6.31. The molecule has 0 aromatic heterocycles. The molecule has 2 saturated heterocycles. The smallest absolute Gasteiger partial charge is 0.343 e. The zero-order valence-corrected chi connectivity index (χ0v) is 15.0. The van der Waals surface area contributed by atoms with Crippen LogP contribution in [-0.4, -0.2) is 41.9 Å². The number of piperidine rings is 1. The minimum atomic E-state index is -4.43. The third kappa shape index (κ3) is 4.11. The maximum absolute atomic E-state index is 13.0. The Morgan fingerprint density at radius 1 is 1.20 bits per heavy atom. The SMILES string of the molecule is CC(=O)N1CCC2(CCN(Cc3ccc(Cl)c(C(F)(F)F)c3)C2)CC1. The van der Waals surface area contributed by atoms with Crippen LogP contribution in [0.4, 0.5) is 13.2 Å². The van der Waals surface area contributed by atoms with Gasteiger partial charge in [0.05, 0.1) is 10.6 Å². The predicted octanol–water partition coefficient (Wildman–Crippen LogP) is 4.19. The third-order valence-corrected chi connectivity index (χ3v) is 5.86. The maximum Gasteiger partial charge on any atom is 0.417 e. The molecular formula is C18H22ClF3N2O. The summed E-state index contributed by atoms with van der Waals surface area (Å²) in [5.41, 5.74) is 0.0656. The van der Waals surface area contributed by atoms with E-state index in [1.54, 1.807) is 13.0 Å². The van der Waals surface area contributed by atoms with Gasteiger partial charge in [-0.3, -0.25) is 9.69 Å². The first-order chi connectivity index (χ1) is 11.7. The van der Waals surface area contributed by atoms with E-state index in [0.29, 0.717) is 12.1 Å². The molecule has 1 aromatic carbocycles. The molecule has 3 rings (SSSR count). The Kier molecular flexibility index (Phi) is 5.04. The molecule has 25 heavy (non-hydrogen) atoms. The van der Waals surface area contributed by atoms with Gasteiger partial charge in [-0.2, -0.15) is 13.2 Å². The van der Waals surface area contributed by atoms with Gasteiger partial charge in [0.2, 0.25) is 5.91 Å². The van der Waals surface area contributed by atoms with E-state index in [-0.39, 0.29) is 16.3 Å². The van der Waals surface area contributed by atoms with Crippen LogP contribution in [0.3, 0.4) is 0 Å². The average molecular weight is 375 g/mol. The van der Waals surface area contributed by atoms with Crippen LogP contribution in [0.1, 0.15) is 37.3 Å². The fourth-order valence-corrected chi connectivity index (χ4v) is 4.24. The van der Waals surface area contributed by atoms with Crippen molar-refractivity contribution in [2.75, 3.05) is 26.2 Å². The van der Waals surface area contributed by atoms with Gasteiger partial charge in [-0.05, 0) is 48.9 Å². The summed E-state index contributed by atoms with van der Waals surface area (Å²) >= 11 is 5.69. The minimum absolute atomic E-state index is 0.116. The van der Waals surface area contributed by atoms with E-state index < -0.39 is 11.7 Å².